The Balaban J connectivity index is 1.99. The second-order valence-electron chi connectivity index (χ2n) is 10.9. The number of hydrogen-bond donors (Lipinski definition) is 2. The predicted molar refractivity (Wildman–Crippen MR) is 158 cm³/mol. The Morgan fingerprint density at radius 2 is 1.77 bits per heavy atom. The molecule has 2 aromatic rings. The third-order valence-electron chi connectivity index (χ3n) is 6.40. The zero-order valence-electron chi connectivity index (χ0n) is 23.9. The average molecular weight is 618 g/mol. The van der Waals surface area contributed by atoms with Gasteiger partial charge in [0.15, 0.2) is 11.6 Å². The topological polar surface area (TPSA) is 106 Å². The number of rotatable bonds is 14. The van der Waals surface area contributed by atoms with Crippen LogP contribution in [0.2, 0.25) is 0 Å². The maximum Gasteiger partial charge on any atom is 0.306 e. The molecule has 2 aromatic carbocycles. The van der Waals surface area contributed by atoms with Gasteiger partial charge in [-0.1, -0.05) is 47.8 Å². The van der Waals surface area contributed by atoms with E-state index in [0.29, 0.717) is 36.8 Å². The van der Waals surface area contributed by atoms with Crippen LogP contribution in [-0.4, -0.2) is 53.8 Å². The number of amides is 1. The molecule has 1 aliphatic rings. The third-order valence-corrected chi connectivity index (χ3v) is 6.93. The molecule has 2 N–H and O–H groups in total. The van der Waals surface area contributed by atoms with Crippen molar-refractivity contribution in [1.29, 1.82) is 0 Å². The lowest BCUT2D eigenvalue weighted by atomic mass is 9.83. The monoisotopic (exact) mass is 616 g/mol. The van der Waals surface area contributed by atoms with Crippen molar-refractivity contribution in [2.24, 2.45) is 4.99 Å². The molecule has 0 unspecified atom stereocenters. The van der Waals surface area contributed by atoms with Crippen molar-refractivity contribution < 1.29 is 28.9 Å². The third kappa shape index (κ3) is 8.80. The SMILES string of the molecule is CCCCCNC(=O)[C@]1(CCC(=O)OC(C)(C)C)N=C(c2ccc(OCCCO)cc2)O[C@@H]1c1ccc(Br)cc1. The van der Waals surface area contributed by atoms with Gasteiger partial charge >= 0.3 is 5.97 Å². The van der Waals surface area contributed by atoms with Gasteiger partial charge in [0.25, 0.3) is 5.91 Å². The van der Waals surface area contributed by atoms with Crippen LogP contribution >= 0.6 is 15.9 Å². The Morgan fingerprint density at radius 3 is 2.40 bits per heavy atom. The molecule has 1 heterocycles. The number of carbonyl (C=O) groups excluding carboxylic acids is 2. The summed E-state index contributed by atoms with van der Waals surface area (Å²) in [4.78, 5) is 31.7. The molecule has 218 valence electrons. The lowest BCUT2D eigenvalue weighted by molar-refractivity contribution is -0.155. The van der Waals surface area contributed by atoms with Crippen LogP contribution in [-0.2, 0) is 19.1 Å². The Kier molecular flexibility index (Phi) is 11.6. The van der Waals surface area contributed by atoms with Gasteiger partial charge in [-0.3, -0.25) is 9.59 Å². The lowest BCUT2D eigenvalue weighted by Crippen LogP contribution is -2.49. The number of benzene rings is 2. The second kappa shape index (κ2) is 14.6. The highest BCUT2D eigenvalue weighted by atomic mass is 79.9. The molecule has 1 aliphatic heterocycles. The van der Waals surface area contributed by atoms with Gasteiger partial charge in [0.2, 0.25) is 5.90 Å². The van der Waals surface area contributed by atoms with Crippen LogP contribution in [0.5, 0.6) is 5.75 Å². The van der Waals surface area contributed by atoms with Gasteiger partial charge in [-0.25, -0.2) is 4.99 Å². The summed E-state index contributed by atoms with van der Waals surface area (Å²) >= 11 is 3.48. The summed E-state index contributed by atoms with van der Waals surface area (Å²) in [7, 11) is 0. The first-order valence-corrected chi connectivity index (χ1v) is 14.7. The average Bonchev–Trinajstić information content (AvgIpc) is 3.31. The van der Waals surface area contributed by atoms with E-state index in [1.165, 1.54) is 0 Å². The van der Waals surface area contributed by atoms with E-state index in [0.717, 1.165) is 29.3 Å². The second-order valence-corrected chi connectivity index (χ2v) is 11.8. The summed E-state index contributed by atoms with van der Waals surface area (Å²) in [5, 5.41) is 12.1. The van der Waals surface area contributed by atoms with Crippen LogP contribution < -0.4 is 10.1 Å². The largest absolute Gasteiger partial charge is 0.494 e. The summed E-state index contributed by atoms with van der Waals surface area (Å²) in [5.41, 5.74) is -0.546. The number of ether oxygens (including phenoxy) is 3. The number of aliphatic hydroxyl groups is 1. The Labute approximate surface area is 245 Å². The fourth-order valence-electron chi connectivity index (χ4n) is 4.42. The summed E-state index contributed by atoms with van der Waals surface area (Å²) in [6.45, 7) is 8.54. The minimum Gasteiger partial charge on any atom is -0.494 e. The smallest absolute Gasteiger partial charge is 0.306 e. The molecule has 2 atom stereocenters. The van der Waals surface area contributed by atoms with E-state index in [2.05, 4.69) is 28.2 Å². The number of carbonyl (C=O) groups is 2. The molecule has 1 amide bonds. The number of unbranched alkanes of at least 4 members (excludes halogenated alkanes) is 2. The van der Waals surface area contributed by atoms with Crippen molar-refractivity contribution >= 4 is 33.7 Å². The predicted octanol–water partition coefficient (Wildman–Crippen LogP) is 5.90. The standard InChI is InChI=1S/C31H41BrN2O6/c1-5-6-7-19-33-29(37)31(18-17-26(36)40-30(2,3)4)27(22-9-13-24(32)14-10-22)39-28(34-31)23-11-15-25(16-12-23)38-21-8-20-35/h9-16,27,35H,5-8,17-21H2,1-4H3,(H,33,37)/t27-,31-/m1/s1. The van der Waals surface area contributed by atoms with Crippen molar-refractivity contribution in [1.82, 2.24) is 5.32 Å². The number of aliphatic imine (C=N–C) groups is 1. The highest BCUT2D eigenvalue weighted by Gasteiger charge is 2.53. The number of hydrogen-bond acceptors (Lipinski definition) is 7. The zero-order valence-corrected chi connectivity index (χ0v) is 25.5. The van der Waals surface area contributed by atoms with Gasteiger partial charge in [-0.05, 0) is 75.6 Å². The summed E-state index contributed by atoms with van der Waals surface area (Å²) in [6, 6.07) is 14.9. The highest BCUT2D eigenvalue weighted by molar-refractivity contribution is 9.10. The first-order valence-electron chi connectivity index (χ1n) is 13.9. The fourth-order valence-corrected chi connectivity index (χ4v) is 4.69. The van der Waals surface area contributed by atoms with Gasteiger partial charge in [0.1, 0.15) is 11.4 Å². The van der Waals surface area contributed by atoms with E-state index in [9.17, 15) is 9.59 Å². The molecular weight excluding hydrogens is 576 g/mol. The van der Waals surface area contributed by atoms with Crippen molar-refractivity contribution in [3.05, 3.63) is 64.1 Å². The molecule has 0 spiro atoms. The normalized spacial score (nSPS) is 18.6. The van der Waals surface area contributed by atoms with E-state index in [1.807, 2.05) is 57.2 Å². The number of nitrogens with one attached hydrogen (secondary N) is 1. The van der Waals surface area contributed by atoms with Crippen LogP contribution in [0.15, 0.2) is 58.0 Å². The Morgan fingerprint density at radius 1 is 1.07 bits per heavy atom. The minimum atomic E-state index is -1.37. The van der Waals surface area contributed by atoms with Crippen LogP contribution in [0, 0.1) is 0 Å². The van der Waals surface area contributed by atoms with Crippen molar-refractivity contribution in [3.8, 4) is 5.75 Å². The maximum atomic E-state index is 14.0. The van der Waals surface area contributed by atoms with Gasteiger partial charge in [-0.2, -0.15) is 0 Å². The number of halogens is 1. The summed E-state index contributed by atoms with van der Waals surface area (Å²) < 4.78 is 18.6. The van der Waals surface area contributed by atoms with Gasteiger partial charge in [0, 0.05) is 36.0 Å². The van der Waals surface area contributed by atoms with Crippen LogP contribution in [0.4, 0.5) is 0 Å². The molecule has 0 aromatic heterocycles. The van der Waals surface area contributed by atoms with Crippen LogP contribution in [0.1, 0.15) is 83.5 Å². The van der Waals surface area contributed by atoms with E-state index in [4.69, 9.17) is 24.3 Å². The van der Waals surface area contributed by atoms with E-state index in [1.54, 1.807) is 12.1 Å². The summed E-state index contributed by atoms with van der Waals surface area (Å²) in [6.07, 6.45) is 2.80. The van der Waals surface area contributed by atoms with Gasteiger partial charge < -0.3 is 24.6 Å². The molecule has 40 heavy (non-hydrogen) atoms. The van der Waals surface area contributed by atoms with Gasteiger partial charge in [-0.15, -0.1) is 0 Å². The van der Waals surface area contributed by atoms with E-state index < -0.39 is 23.2 Å². The quantitative estimate of drug-likeness (QED) is 0.202. The molecule has 0 fully saturated rings. The van der Waals surface area contributed by atoms with Crippen LogP contribution in [0.25, 0.3) is 0 Å². The van der Waals surface area contributed by atoms with Crippen molar-refractivity contribution in [3.63, 3.8) is 0 Å². The molecule has 0 saturated carbocycles. The lowest BCUT2D eigenvalue weighted by Gasteiger charge is -2.31. The first-order chi connectivity index (χ1) is 19.1. The highest BCUT2D eigenvalue weighted by Crippen LogP contribution is 2.43. The minimum absolute atomic E-state index is 0.00442. The van der Waals surface area contributed by atoms with Crippen molar-refractivity contribution in [2.45, 2.75) is 83.5 Å². The maximum absolute atomic E-state index is 14.0. The number of aliphatic hydroxyl groups excluding tert-OH is 1. The van der Waals surface area contributed by atoms with E-state index >= 15 is 0 Å². The van der Waals surface area contributed by atoms with Crippen molar-refractivity contribution in [2.75, 3.05) is 19.8 Å². The molecular formula is C31H41BrN2O6. The molecule has 0 saturated heterocycles. The van der Waals surface area contributed by atoms with Crippen LogP contribution in [0.3, 0.4) is 0 Å². The molecule has 0 radical (unpaired) electrons. The van der Waals surface area contributed by atoms with E-state index in [-0.39, 0.29) is 25.4 Å². The zero-order chi connectivity index (χ0) is 29.2. The number of esters is 1. The molecule has 3 rings (SSSR count). The Bertz CT molecular complexity index is 1140. The summed E-state index contributed by atoms with van der Waals surface area (Å²) in [5.74, 6) is 0.306. The molecule has 0 aliphatic carbocycles. The first kappa shape index (κ1) is 31.6. The molecule has 9 heteroatoms. The van der Waals surface area contributed by atoms with Gasteiger partial charge in [0.05, 0.1) is 6.61 Å². The Hall–Kier alpha value is -2.91. The molecule has 0 bridgehead atoms. The molecule has 8 nitrogen and oxygen atoms in total. The number of nitrogens with zero attached hydrogens (tertiary/aromatic N) is 1. The fraction of sp³-hybridized carbons (Fsp3) is 0.516.